The molecule has 0 fully saturated rings. The highest BCUT2D eigenvalue weighted by atomic mass is 35.5. The number of nitrogens with one attached hydrogen (secondary N) is 1. The molecule has 0 amide bonds. The second kappa shape index (κ2) is 2.45. The molecule has 0 aliphatic carbocycles. The van der Waals surface area contributed by atoms with Crippen molar-refractivity contribution in [2.45, 2.75) is 5.38 Å². The Morgan fingerprint density at radius 3 is 2.78 bits per heavy atom. The van der Waals surface area contributed by atoms with Crippen molar-refractivity contribution in [1.82, 2.24) is 0 Å². The average molecular weight is 164 g/mol. The summed E-state index contributed by atoms with van der Waals surface area (Å²) >= 11 is 10.9. The third kappa shape index (κ3) is 1.28. The van der Waals surface area contributed by atoms with E-state index in [0.29, 0.717) is 0 Å². The van der Waals surface area contributed by atoms with Gasteiger partial charge in [-0.2, -0.15) is 5.10 Å². The molecule has 0 radical (unpaired) electrons. The van der Waals surface area contributed by atoms with Gasteiger partial charge in [-0.1, -0.05) is 11.6 Å². The summed E-state index contributed by atoms with van der Waals surface area (Å²) in [6, 6.07) is 0. The van der Waals surface area contributed by atoms with Gasteiger partial charge in [0.05, 0.1) is 11.9 Å². The summed E-state index contributed by atoms with van der Waals surface area (Å²) in [6.45, 7) is 0. The lowest BCUT2D eigenvalue weighted by Crippen LogP contribution is -2.23. The summed E-state index contributed by atoms with van der Waals surface area (Å²) in [7, 11) is 0. The number of hydrogen-bond donors (Lipinski definition) is 1. The quantitative estimate of drug-likeness (QED) is 0.523. The summed E-state index contributed by atoms with van der Waals surface area (Å²) in [6.07, 6.45) is 1.36. The third-order valence-electron chi connectivity index (χ3n) is 0.841. The van der Waals surface area contributed by atoms with Crippen LogP contribution in [0.5, 0.6) is 0 Å². The van der Waals surface area contributed by atoms with Gasteiger partial charge in [-0.05, 0) is 0 Å². The molecule has 0 spiro atoms. The molecule has 1 atom stereocenters. The molecular weight excluding hydrogens is 161 g/mol. The van der Waals surface area contributed by atoms with Gasteiger partial charge < -0.3 is 5.41 Å². The van der Waals surface area contributed by atoms with Gasteiger partial charge >= 0.3 is 0 Å². The molecule has 3 nitrogen and oxygen atoms in total. The van der Waals surface area contributed by atoms with Crippen LogP contribution in [-0.2, 0) is 0 Å². The fourth-order valence-electron chi connectivity index (χ4n) is 0.385. The fourth-order valence-corrected chi connectivity index (χ4v) is 0.756. The van der Waals surface area contributed by atoms with Crippen molar-refractivity contribution in [3.8, 4) is 0 Å². The highest BCUT2D eigenvalue weighted by Gasteiger charge is 2.16. The summed E-state index contributed by atoms with van der Waals surface area (Å²) < 4.78 is 0. The monoisotopic (exact) mass is 163 g/mol. The Hall–Kier alpha value is -0.410. The van der Waals surface area contributed by atoms with E-state index in [2.05, 4.69) is 10.2 Å². The minimum atomic E-state index is -0.519. The van der Waals surface area contributed by atoms with E-state index >= 15 is 0 Å². The van der Waals surface area contributed by atoms with Crippen LogP contribution in [0, 0.1) is 5.41 Å². The van der Waals surface area contributed by atoms with Crippen LogP contribution in [0.1, 0.15) is 0 Å². The molecular formula is C4H3Cl2N3. The van der Waals surface area contributed by atoms with Gasteiger partial charge in [0.15, 0.2) is 5.17 Å². The second-order valence-electron chi connectivity index (χ2n) is 1.47. The Balaban J connectivity index is 2.86. The minimum Gasteiger partial charge on any atom is -0.300 e. The van der Waals surface area contributed by atoms with Crippen LogP contribution in [0.15, 0.2) is 10.2 Å². The Bertz CT molecular complexity index is 196. The van der Waals surface area contributed by atoms with E-state index < -0.39 is 5.38 Å². The summed E-state index contributed by atoms with van der Waals surface area (Å²) in [4.78, 5) is 0. The number of hydrogen-bond acceptors (Lipinski definition) is 3. The predicted molar refractivity (Wildman–Crippen MR) is 39.1 cm³/mol. The Labute approximate surface area is 61.9 Å². The largest absolute Gasteiger partial charge is 0.300 e. The summed E-state index contributed by atoms with van der Waals surface area (Å²) in [5.74, 6) is 0. The van der Waals surface area contributed by atoms with Crippen LogP contribution in [0.3, 0.4) is 0 Å². The molecule has 0 aromatic heterocycles. The highest BCUT2D eigenvalue weighted by molar-refractivity contribution is 6.86. The molecule has 0 aromatic rings. The average Bonchev–Trinajstić information content (AvgIpc) is 1.83. The van der Waals surface area contributed by atoms with Crippen molar-refractivity contribution < 1.29 is 0 Å². The molecule has 0 saturated carbocycles. The zero-order chi connectivity index (χ0) is 6.85. The lowest BCUT2D eigenvalue weighted by Gasteiger charge is -2.05. The van der Waals surface area contributed by atoms with Crippen LogP contribution in [-0.4, -0.2) is 22.5 Å². The van der Waals surface area contributed by atoms with Gasteiger partial charge in [0.25, 0.3) is 0 Å². The van der Waals surface area contributed by atoms with Crippen molar-refractivity contribution in [2.75, 3.05) is 0 Å². The summed E-state index contributed by atoms with van der Waals surface area (Å²) in [5, 5.41) is 13.5. The first-order chi connectivity index (χ1) is 4.22. The molecule has 48 valence electrons. The van der Waals surface area contributed by atoms with Crippen LogP contribution in [0.4, 0.5) is 0 Å². The van der Waals surface area contributed by atoms with E-state index in [1.54, 1.807) is 0 Å². The Morgan fingerprint density at radius 2 is 2.33 bits per heavy atom. The van der Waals surface area contributed by atoms with E-state index in [4.69, 9.17) is 28.6 Å². The SMILES string of the molecule is N=C1C(Cl)=NN=CC1Cl. The van der Waals surface area contributed by atoms with Crippen LogP contribution >= 0.6 is 23.2 Å². The van der Waals surface area contributed by atoms with Gasteiger partial charge in [-0.15, -0.1) is 16.7 Å². The van der Waals surface area contributed by atoms with Crippen molar-refractivity contribution in [3.63, 3.8) is 0 Å². The van der Waals surface area contributed by atoms with Gasteiger partial charge in [-0.25, -0.2) is 0 Å². The number of rotatable bonds is 0. The molecule has 0 aromatic carbocycles. The molecule has 5 heteroatoms. The third-order valence-corrected chi connectivity index (χ3v) is 1.45. The fraction of sp³-hybridized carbons (Fsp3) is 0.250. The topological polar surface area (TPSA) is 48.6 Å². The number of nitrogens with zero attached hydrogens (tertiary/aromatic N) is 2. The standard InChI is InChI=1S/C4H3Cl2N3/c5-2-1-8-9-4(6)3(2)7/h1-2,7H. The Kier molecular flexibility index (Phi) is 1.83. The van der Waals surface area contributed by atoms with E-state index in [1.165, 1.54) is 6.21 Å². The predicted octanol–water partition coefficient (Wildman–Crippen LogP) is 1.25. The van der Waals surface area contributed by atoms with Gasteiger partial charge in [0, 0.05) is 0 Å². The van der Waals surface area contributed by atoms with Crippen molar-refractivity contribution >= 4 is 40.3 Å². The minimum absolute atomic E-state index is 0.0671. The molecule has 1 unspecified atom stereocenters. The second-order valence-corrected chi connectivity index (χ2v) is 2.30. The van der Waals surface area contributed by atoms with E-state index in [1.807, 2.05) is 0 Å². The lowest BCUT2D eigenvalue weighted by atomic mass is 10.3. The van der Waals surface area contributed by atoms with Crippen molar-refractivity contribution in [2.24, 2.45) is 10.2 Å². The maximum Gasteiger partial charge on any atom is 0.174 e. The molecule has 1 aliphatic rings. The Morgan fingerprint density at radius 1 is 1.67 bits per heavy atom. The molecule has 1 N–H and O–H groups in total. The highest BCUT2D eigenvalue weighted by Crippen LogP contribution is 2.05. The first-order valence-electron chi connectivity index (χ1n) is 2.21. The van der Waals surface area contributed by atoms with Gasteiger partial charge in [0.1, 0.15) is 5.38 Å². The number of alkyl halides is 1. The lowest BCUT2D eigenvalue weighted by molar-refractivity contribution is 1.23. The maximum atomic E-state index is 7.11. The van der Waals surface area contributed by atoms with E-state index in [-0.39, 0.29) is 10.9 Å². The molecule has 0 bridgehead atoms. The van der Waals surface area contributed by atoms with Crippen molar-refractivity contribution in [1.29, 1.82) is 5.41 Å². The van der Waals surface area contributed by atoms with Crippen LogP contribution in [0.2, 0.25) is 0 Å². The first-order valence-corrected chi connectivity index (χ1v) is 3.03. The molecule has 1 rings (SSSR count). The van der Waals surface area contributed by atoms with E-state index in [0.717, 1.165) is 0 Å². The van der Waals surface area contributed by atoms with Gasteiger partial charge in [-0.3, -0.25) is 0 Å². The first kappa shape index (κ1) is 6.71. The number of halogens is 2. The van der Waals surface area contributed by atoms with Crippen LogP contribution < -0.4 is 0 Å². The molecule has 1 heterocycles. The molecule has 1 aliphatic heterocycles. The molecule has 0 saturated heterocycles. The van der Waals surface area contributed by atoms with E-state index in [9.17, 15) is 0 Å². The van der Waals surface area contributed by atoms with Gasteiger partial charge in [0.2, 0.25) is 0 Å². The van der Waals surface area contributed by atoms with Crippen LogP contribution in [0.25, 0.3) is 0 Å². The smallest absolute Gasteiger partial charge is 0.174 e. The zero-order valence-electron chi connectivity index (χ0n) is 4.31. The molecule has 9 heavy (non-hydrogen) atoms. The summed E-state index contributed by atoms with van der Waals surface area (Å²) in [5.41, 5.74) is 0.105. The normalized spacial score (nSPS) is 26.2. The zero-order valence-corrected chi connectivity index (χ0v) is 5.82. The van der Waals surface area contributed by atoms with Crippen molar-refractivity contribution in [3.05, 3.63) is 0 Å². The maximum absolute atomic E-state index is 7.11.